The highest BCUT2D eigenvalue weighted by atomic mass is 35.5. The second kappa shape index (κ2) is 6.78. The molecule has 0 unspecified atom stereocenters. The molecule has 1 saturated heterocycles. The molecule has 0 aliphatic carbocycles. The van der Waals surface area contributed by atoms with E-state index in [1.807, 2.05) is 41.9 Å². The lowest BCUT2D eigenvalue weighted by molar-refractivity contribution is 0.0935. The van der Waals surface area contributed by atoms with Crippen LogP contribution < -0.4 is 10.6 Å². The zero-order valence-electron chi connectivity index (χ0n) is 13.9. The van der Waals surface area contributed by atoms with Crippen LogP contribution in [0.15, 0.2) is 30.3 Å². The number of nitrogens with one attached hydrogen (secondary N) is 2. The lowest BCUT2D eigenvalue weighted by Crippen LogP contribution is -2.45. The average Bonchev–Trinajstić information content (AvgIpc) is 3.17. The van der Waals surface area contributed by atoms with E-state index in [0.29, 0.717) is 5.02 Å². The summed E-state index contributed by atoms with van der Waals surface area (Å²) in [6, 6.07) is 9.72. The van der Waals surface area contributed by atoms with Gasteiger partial charge in [-0.3, -0.25) is 4.79 Å². The molecule has 1 atom stereocenters. The number of rotatable bonds is 3. The van der Waals surface area contributed by atoms with E-state index in [2.05, 4.69) is 15.7 Å². The van der Waals surface area contributed by atoms with Crippen molar-refractivity contribution in [1.82, 2.24) is 20.4 Å². The predicted octanol–water partition coefficient (Wildman–Crippen LogP) is 3.53. The van der Waals surface area contributed by atoms with Gasteiger partial charge in [-0.15, -0.1) is 11.3 Å². The molecule has 1 aromatic carbocycles. The van der Waals surface area contributed by atoms with Crippen molar-refractivity contribution in [2.45, 2.75) is 25.8 Å². The molecule has 5 nitrogen and oxygen atoms in total. The molecule has 7 heteroatoms. The summed E-state index contributed by atoms with van der Waals surface area (Å²) in [5.41, 5.74) is 1.81. The third-order valence-electron chi connectivity index (χ3n) is 4.45. The molecule has 3 heterocycles. The second-order valence-electron chi connectivity index (χ2n) is 6.32. The van der Waals surface area contributed by atoms with Crippen LogP contribution in [0.2, 0.25) is 5.02 Å². The van der Waals surface area contributed by atoms with Crippen LogP contribution in [-0.4, -0.2) is 34.8 Å². The number of thiophene rings is 1. The molecule has 1 aliphatic heterocycles. The average molecular weight is 375 g/mol. The standard InChI is InChI=1S/C18H19ClN4OS/c1-11-15-9-16(17(24)21-13-5-3-7-20-10-13)25-18(15)23(22-11)14-6-2-4-12(19)8-14/h2,4,6,8-9,13,20H,3,5,7,10H2,1H3,(H,21,24)/t13-/m0/s1. The Labute approximate surface area is 155 Å². The van der Waals surface area contributed by atoms with Gasteiger partial charge < -0.3 is 10.6 Å². The van der Waals surface area contributed by atoms with Gasteiger partial charge in [0.1, 0.15) is 4.83 Å². The van der Waals surface area contributed by atoms with Gasteiger partial charge in [-0.05, 0) is 50.6 Å². The lowest BCUT2D eigenvalue weighted by atomic mass is 10.1. The molecule has 0 spiro atoms. The maximum atomic E-state index is 12.6. The molecule has 1 fully saturated rings. The number of hydrogen-bond donors (Lipinski definition) is 2. The summed E-state index contributed by atoms with van der Waals surface area (Å²) in [4.78, 5) is 14.3. The molecule has 2 N–H and O–H groups in total. The van der Waals surface area contributed by atoms with Crippen LogP contribution >= 0.6 is 22.9 Å². The maximum Gasteiger partial charge on any atom is 0.261 e. The SMILES string of the molecule is Cc1nn(-c2cccc(Cl)c2)c2sc(C(=O)N[C@H]3CCCNC3)cc12. The lowest BCUT2D eigenvalue weighted by Gasteiger charge is -2.23. The number of fused-ring (bicyclic) bond motifs is 1. The fourth-order valence-corrected chi connectivity index (χ4v) is 4.44. The molecule has 1 aliphatic rings. The van der Waals surface area contributed by atoms with Crippen LogP contribution in [0.5, 0.6) is 0 Å². The number of aromatic nitrogens is 2. The van der Waals surface area contributed by atoms with Gasteiger partial charge in [-0.2, -0.15) is 5.10 Å². The number of halogens is 1. The fraction of sp³-hybridized carbons (Fsp3) is 0.333. The minimum atomic E-state index is -0.00746. The van der Waals surface area contributed by atoms with Crippen LogP contribution in [0.3, 0.4) is 0 Å². The highest BCUT2D eigenvalue weighted by Gasteiger charge is 2.20. The first kappa shape index (κ1) is 16.6. The van der Waals surface area contributed by atoms with Crippen LogP contribution in [0.1, 0.15) is 28.2 Å². The highest BCUT2D eigenvalue weighted by Crippen LogP contribution is 2.31. The highest BCUT2D eigenvalue weighted by molar-refractivity contribution is 7.20. The van der Waals surface area contributed by atoms with Crippen LogP contribution in [0.25, 0.3) is 15.9 Å². The minimum Gasteiger partial charge on any atom is -0.347 e. The molecular weight excluding hydrogens is 356 g/mol. The van der Waals surface area contributed by atoms with Crippen molar-refractivity contribution in [2.75, 3.05) is 13.1 Å². The molecule has 25 heavy (non-hydrogen) atoms. The summed E-state index contributed by atoms with van der Waals surface area (Å²) in [6.45, 7) is 3.83. The van der Waals surface area contributed by atoms with Gasteiger partial charge in [-0.25, -0.2) is 4.68 Å². The van der Waals surface area contributed by atoms with Gasteiger partial charge >= 0.3 is 0 Å². The van der Waals surface area contributed by atoms with Gasteiger partial charge in [0.2, 0.25) is 0 Å². The Kier molecular flexibility index (Phi) is 4.50. The van der Waals surface area contributed by atoms with Gasteiger partial charge in [-0.1, -0.05) is 17.7 Å². The van der Waals surface area contributed by atoms with E-state index in [4.69, 9.17) is 11.6 Å². The number of benzene rings is 1. The molecular formula is C18H19ClN4OS. The van der Waals surface area contributed by atoms with Gasteiger partial charge in [0.15, 0.2) is 0 Å². The zero-order valence-corrected chi connectivity index (χ0v) is 15.5. The van der Waals surface area contributed by atoms with Crippen molar-refractivity contribution in [3.05, 3.63) is 45.9 Å². The Morgan fingerprint density at radius 3 is 3.08 bits per heavy atom. The van der Waals surface area contributed by atoms with E-state index in [9.17, 15) is 4.79 Å². The number of nitrogens with zero attached hydrogens (tertiary/aromatic N) is 2. The Hall–Kier alpha value is -1.89. The van der Waals surface area contributed by atoms with Crippen molar-refractivity contribution in [3.8, 4) is 5.69 Å². The predicted molar refractivity (Wildman–Crippen MR) is 102 cm³/mol. The summed E-state index contributed by atoms with van der Waals surface area (Å²) in [6.07, 6.45) is 2.12. The monoisotopic (exact) mass is 374 g/mol. The van der Waals surface area contributed by atoms with Crippen molar-refractivity contribution in [3.63, 3.8) is 0 Å². The first-order valence-corrected chi connectivity index (χ1v) is 9.58. The van der Waals surface area contributed by atoms with E-state index in [-0.39, 0.29) is 11.9 Å². The summed E-state index contributed by atoms with van der Waals surface area (Å²) in [5.74, 6) is -0.00746. The van der Waals surface area contributed by atoms with Crippen molar-refractivity contribution in [2.24, 2.45) is 0 Å². The van der Waals surface area contributed by atoms with E-state index in [0.717, 1.165) is 52.4 Å². The smallest absolute Gasteiger partial charge is 0.261 e. The number of hydrogen-bond acceptors (Lipinski definition) is 4. The van der Waals surface area contributed by atoms with E-state index in [1.54, 1.807) is 0 Å². The topological polar surface area (TPSA) is 59.0 Å². The molecule has 0 radical (unpaired) electrons. The summed E-state index contributed by atoms with van der Waals surface area (Å²) in [7, 11) is 0. The molecule has 2 aromatic heterocycles. The molecule has 1 amide bonds. The Balaban J connectivity index is 1.66. The molecule has 4 rings (SSSR count). The normalized spacial score (nSPS) is 17.8. The van der Waals surface area contributed by atoms with Crippen LogP contribution in [0.4, 0.5) is 0 Å². The van der Waals surface area contributed by atoms with Gasteiger partial charge in [0.25, 0.3) is 5.91 Å². The zero-order chi connectivity index (χ0) is 17.4. The third-order valence-corrected chi connectivity index (χ3v) is 5.80. The maximum absolute atomic E-state index is 12.6. The molecule has 130 valence electrons. The van der Waals surface area contributed by atoms with Crippen LogP contribution in [-0.2, 0) is 0 Å². The van der Waals surface area contributed by atoms with Gasteiger partial charge in [0.05, 0.1) is 16.3 Å². The largest absolute Gasteiger partial charge is 0.347 e. The van der Waals surface area contributed by atoms with Crippen LogP contribution in [0, 0.1) is 6.92 Å². The fourth-order valence-electron chi connectivity index (χ4n) is 3.17. The summed E-state index contributed by atoms with van der Waals surface area (Å²) in [5, 5.41) is 12.7. The van der Waals surface area contributed by atoms with Crippen molar-refractivity contribution in [1.29, 1.82) is 0 Å². The number of carbonyl (C=O) groups excluding carboxylic acids is 1. The van der Waals surface area contributed by atoms with E-state index in [1.165, 1.54) is 11.3 Å². The summed E-state index contributed by atoms with van der Waals surface area (Å²) < 4.78 is 1.86. The first-order valence-electron chi connectivity index (χ1n) is 8.38. The number of piperidine rings is 1. The van der Waals surface area contributed by atoms with Crippen molar-refractivity contribution < 1.29 is 4.79 Å². The number of aryl methyl sites for hydroxylation is 1. The van der Waals surface area contributed by atoms with Crippen molar-refractivity contribution >= 4 is 39.1 Å². The first-order chi connectivity index (χ1) is 12.1. The van der Waals surface area contributed by atoms with Gasteiger partial charge in [0, 0.05) is 23.0 Å². The number of carbonyl (C=O) groups is 1. The summed E-state index contributed by atoms with van der Waals surface area (Å²) >= 11 is 7.58. The molecule has 3 aromatic rings. The Morgan fingerprint density at radius 1 is 1.44 bits per heavy atom. The second-order valence-corrected chi connectivity index (χ2v) is 7.79. The Bertz CT molecular complexity index is 926. The Morgan fingerprint density at radius 2 is 2.32 bits per heavy atom. The third kappa shape index (κ3) is 3.29. The van der Waals surface area contributed by atoms with E-state index >= 15 is 0 Å². The molecule has 0 bridgehead atoms. The molecule has 0 saturated carbocycles. The van der Waals surface area contributed by atoms with E-state index < -0.39 is 0 Å². The minimum absolute atomic E-state index is 0.00746. The quantitative estimate of drug-likeness (QED) is 0.737. The number of amides is 1.